The van der Waals surface area contributed by atoms with Crippen molar-refractivity contribution in [1.29, 1.82) is 0 Å². The summed E-state index contributed by atoms with van der Waals surface area (Å²) < 4.78 is 68.4. The van der Waals surface area contributed by atoms with Crippen LogP contribution in [0.25, 0.3) is 0 Å². The lowest BCUT2D eigenvalue weighted by Crippen LogP contribution is -2.45. The summed E-state index contributed by atoms with van der Waals surface area (Å²) in [5.41, 5.74) is -5.66. The molecule has 2 fully saturated rings. The van der Waals surface area contributed by atoms with Crippen LogP contribution in [0.4, 0.5) is 13.2 Å². The maximum atomic E-state index is 12.4. The van der Waals surface area contributed by atoms with Gasteiger partial charge in [-0.15, -0.1) is 0 Å². The Morgan fingerprint density at radius 3 is 2.55 bits per heavy atom. The van der Waals surface area contributed by atoms with Gasteiger partial charge in [-0.25, -0.2) is 4.18 Å². The highest BCUT2D eigenvalue weighted by molar-refractivity contribution is 7.87. The van der Waals surface area contributed by atoms with E-state index in [1.54, 1.807) is 0 Å². The predicted octanol–water partition coefficient (Wildman–Crippen LogP) is -0.594. The number of carbonyl (C=O) groups is 2. The Hall–Kier alpha value is -1.46. The summed E-state index contributed by atoms with van der Waals surface area (Å²) >= 11 is 0. The average Bonchev–Trinajstić information content (AvgIpc) is 2.88. The molecule has 0 saturated carbocycles. The molecule has 2 saturated heterocycles. The van der Waals surface area contributed by atoms with Crippen LogP contribution in [0.3, 0.4) is 0 Å². The summed E-state index contributed by atoms with van der Waals surface area (Å²) in [6.45, 7) is 0. The fourth-order valence-corrected chi connectivity index (χ4v) is 3.21. The standard InChI is InChI=1S/C9H6F3NO6S/c10-9(11,12)20(16,17)19-8-2-1-3(18-8)4-5(8)7(15)13-6(4)14/h1-5H,(H,13,14,15). The van der Waals surface area contributed by atoms with E-state index in [4.69, 9.17) is 4.74 Å². The Labute approximate surface area is 109 Å². The van der Waals surface area contributed by atoms with Gasteiger partial charge in [0.1, 0.15) is 5.92 Å². The van der Waals surface area contributed by atoms with Crippen LogP contribution in [0.1, 0.15) is 0 Å². The molecule has 3 aliphatic rings. The first kappa shape index (κ1) is 13.5. The summed E-state index contributed by atoms with van der Waals surface area (Å²) in [5, 5.41) is 1.91. The molecule has 1 N–H and O–H groups in total. The van der Waals surface area contributed by atoms with Gasteiger partial charge in [0.25, 0.3) is 0 Å². The molecule has 3 rings (SSSR count). The van der Waals surface area contributed by atoms with E-state index in [-0.39, 0.29) is 0 Å². The van der Waals surface area contributed by atoms with Crippen molar-refractivity contribution < 1.29 is 40.1 Å². The highest BCUT2D eigenvalue weighted by Gasteiger charge is 2.69. The number of alkyl halides is 3. The number of imide groups is 1. The normalized spacial score (nSPS) is 39.2. The molecule has 0 radical (unpaired) electrons. The van der Waals surface area contributed by atoms with E-state index in [2.05, 4.69) is 4.18 Å². The lowest BCUT2D eigenvalue weighted by molar-refractivity contribution is -0.159. The summed E-state index contributed by atoms with van der Waals surface area (Å²) in [6.07, 6.45) is 1.13. The number of carbonyl (C=O) groups excluding carboxylic acids is 2. The second-order valence-corrected chi connectivity index (χ2v) is 6.04. The van der Waals surface area contributed by atoms with Crippen molar-refractivity contribution in [2.24, 2.45) is 11.8 Å². The number of rotatable bonds is 2. The summed E-state index contributed by atoms with van der Waals surface area (Å²) in [7, 11) is -5.97. The Balaban J connectivity index is 2.00. The molecule has 0 spiro atoms. The van der Waals surface area contributed by atoms with Crippen molar-refractivity contribution in [2.75, 3.05) is 0 Å². The predicted molar refractivity (Wildman–Crippen MR) is 52.9 cm³/mol. The van der Waals surface area contributed by atoms with Crippen molar-refractivity contribution in [3.63, 3.8) is 0 Å². The molecular weight excluding hydrogens is 307 g/mol. The van der Waals surface area contributed by atoms with Crippen LogP contribution in [0, 0.1) is 11.8 Å². The van der Waals surface area contributed by atoms with E-state index in [1.807, 2.05) is 5.32 Å². The first-order valence-electron chi connectivity index (χ1n) is 5.31. The van der Waals surface area contributed by atoms with Crippen LogP contribution >= 0.6 is 0 Å². The van der Waals surface area contributed by atoms with E-state index in [9.17, 15) is 31.2 Å². The van der Waals surface area contributed by atoms with Crippen molar-refractivity contribution in [3.8, 4) is 0 Å². The molecule has 2 amide bonds. The molecule has 7 nitrogen and oxygen atoms in total. The van der Waals surface area contributed by atoms with E-state index < -0.39 is 51.2 Å². The smallest absolute Gasteiger partial charge is 0.336 e. The summed E-state index contributed by atoms with van der Waals surface area (Å²) in [5.74, 6) is -6.62. The van der Waals surface area contributed by atoms with E-state index >= 15 is 0 Å². The topological polar surface area (TPSA) is 98.8 Å². The number of fused-ring (bicyclic) bond motifs is 5. The molecule has 0 aromatic rings. The molecule has 3 heterocycles. The first-order valence-corrected chi connectivity index (χ1v) is 6.72. The van der Waals surface area contributed by atoms with Gasteiger partial charge in [-0.1, -0.05) is 6.08 Å². The number of amides is 2. The average molecular weight is 313 g/mol. The minimum absolute atomic E-state index is 0.732. The van der Waals surface area contributed by atoms with Crippen LogP contribution in [-0.2, 0) is 28.6 Å². The highest BCUT2D eigenvalue weighted by Crippen LogP contribution is 2.51. The Morgan fingerprint density at radius 2 is 1.95 bits per heavy atom. The van der Waals surface area contributed by atoms with Crippen LogP contribution in [0.5, 0.6) is 0 Å². The number of halogens is 3. The minimum Gasteiger partial charge on any atom is -0.336 e. The van der Waals surface area contributed by atoms with E-state index in [0.29, 0.717) is 0 Å². The van der Waals surface area contributed by atoms with Gasteiger partial charge in [0.2, 0.25) is 17.6 Å². The Bertz CT molecular complexity index is 641. The zero-order valence-corrected chi connectivity index (χ0v) is 10.2. The van der Waals surface area contributed by atoms with Gasteiger partial charge in [-0.3, -0.25) is 14.9 Å². The lowest BCUT2D eigenvalue weighted by Gasteiger charge is -2.27. The minimum atomic E-state index is -5.97. The number of hydrogen-bond acceptors (Lipinski definition) is 6. The molecule has 2 bridgehead atoms. The molecule has 110 valence electrons. The number of hydrogen-bond donors (Lipinski definition) is 1. The molecule has 4 unspecified atom stereocenters. The van der Waals surface area contributed by atoms with Crippen molar-refractivity contribution in [1.82, 2.24) is 5.32 Å². The fraction of sp³-hybridized carbons (Fsp3) is 0.556. The molecule has 4 atom stereocenters. The highest BCUT2D eigenvalue weighted by atomic mass is 32.2. The van der Waals surface area contributed by atoms with Crippen molar-refractivity contribution in [2.45, 2.75) is 17.4 Å². The van der Waals surface area contributed by atoms with Crippen LogP contribution in [0.2, 0.25) is 0 Å². The number of nitrogens with one attached hydrogen (secondary N) is 1. The van der Waals surface area contributed by atoms with Crippen LogP contribution in [0.15, 0.2) is 12.2 Å². The Morgan fingerprint density at radius 1 is 1.30 bits per heavy atom. The summed E-state index contributed by atoms with van der Waals surface area (Å²) in [4.78, 5) is 23.1. The zero-order valence-electron chi connectivity index (χ0n) is 9.38. The SMILES string of the molecule is O=C1NC(=O)C2C1C1C=CC2(OS(=O)(=O)C(F)(F)F)O1. The third kappa shape index (κ3) is 1.56. The van der Waals surface area contributed by atoms with Gasteiger partial charge >= 0.3 is 15.6 Å². The second-order valence-electron chi connectivity index (χ2n) is 4.50. The largest absolute Gasteiger partial charge is 0.523 e. The fourth-order valence-electron chi connectivity index (χ4n) is 2.58. The molecular formula is C9H6F3NO6S. The third-order valence-corrected chi connectivity index (χ3v) is 4.39. The van der Waals surface area contributed by atoms with Gasteiger partial charge in [0, 0.05) is 0 Å². The molecule has 0 aliphatic carbocycles. The molecule has 11 heteroatoms. The van der Waals surface area contributed by atoms with Gasteiger partial charge < -0.3 is 4.74 Å². The molecule has 0 aromatic carbocycles. The maximum Gasteiger partial charge on any atom is 0.523 e. The maximum absolute atomic E-state index is 12.4. The quantitative estimate of drug-likeness (QED) is 0.316. The van der Waals surface area contributed by atoms with Crippen LogP contribution in [-0.4, -0.2) is 37.6 Å². The molecule has 0 aromatic heterocycles. The summed E-state index contributed by atoms with van der Waals surface area (Å²) in [6, 6.07) is 0. The van der Waals surface area contributed by atoms with Gasteiger partial charge in [0.15, 0.2) is 0 Å². The van der Waals surface area contributed by atoms with Gasteiger partial charge in [0.05, 0.1) is 12.0 Å². The van der Waals surface area contributed by atoms with Crippen LogP contribution < -0.4 is 5.32 Å². The number of ether oxygens (including phenoxy) is 1. The van der Waals surface area contributed by atoms with E-state index in [1.165, 1.54) is 6.08 Å². The monoisotopic (exact) mass is 313 g/mol. The first-order chi connectivity index (χ1) is 9.07. The van der Waals surface area contributed by atoms with Gasteiger partial charge in [-0.05, 0) is 6.08 Å². The van der Waals surface area contributed by atoms with E-state index in [0.717, 1.165) is 6.08 Å². The molecule has 3 aliphatic heterocycles. The van der Waals surface area contributed by atoms with Gasteiger partial charge in [-0.2, -0.15) is 21.6 Å². The third-order valence-electron chi connectivity index (χ3n) is 3.34. The second kappa shape index (κ2) is 3.59. The van der Waals surface area contributed by atoms with Crippen molar-refractivity contribution in [3.05, 3.63) is 12.2 Å². The molecule has 20 heavy (non-hydrogen) atoms. The zero-order chi connectivity index (χ0) is 14.9. The lowest BCUT2D eigenvalue weighted by atomic mass is 9.83. The Kier molecular flexibility index (Phi) is 2.43. The van der Waals surface area contributed by atoms with Crippen molar-refractivity contribution >= 4 is 21.9 Å².